The van der Waals surface area contributed by atoms with Gasteiger partial charge in [0, 0.05) is 46.2 Å². The first-order valence-electron chi connectivity index (χ1n) is 12.0. The molecule has 4 rings (SSSR count). The molecule has 0 radical (unpaired) electrons. The average molecular weight is 527 g/mol. The number of allylic oxidation sites excluding steroid dienone is 1. The highest BCUT2D eigenvalue weighted by Crippen LogP contribution is 2.34. The van der Waals surface area contributed by atoms with Crippen molar-refractivity contribution in [2.24, 2.45) is 4.99 Å². The SMILES string of the molecule is C/C=N\C(=C(/C)Cl)c1cc(C)nc2c(OCc3c(C)ccnc3CN3CCCCS3(=O)=O)cccc12. The third-order valence-corrected chi connectivity index (χ3v) is 8.38. The van der Waals surface area contributed by atoms with E-state index in [4.69, 9.17) is 21.3 Å². The van der Waals surface area contributed by atoms with Crippen LogP contribution in [-0.4, -0.2) is 41.2 Å². The first kappa shape index (κ1) is 26.3. The average Bonchev–Trinajstić information content (AvgIpc) is 2.83. The van der Waals surface area contributed by atoms with Gasteiger partial charge in [-0.2, -0.15) is 4.31 Å². The Balaban J connectivity index is 1.69. The highest BCUT2D eigenvalue weighted by Gasteiger charge is 2.27. The van der Waals surface area contributed by atoms with Crippen molar-refractivity contribution in [1.29, 1.82) is 0 Å². The van der Waals surface area contributed by atoms with Gasteiger partial charge in [-0.1, -0.05) is 23.7 Å². The Hall–Kier alpha value is -2.81. The Morgan fingerprint density at radius 1 is 1.25 bits per heavy atom. The van der Waals surface area contributed by atoms with E-state index in [-0.39, 0.29) is 18.9 Å². The van der Waals surface area contributed by atoms with Crippen LogP contribution in [0, 0.1) is 13.8 Å². The minimum absolute atomic E-state index is 0.189. The summed E-state index contributed by atoms with van der Waals surface area (Å²) in [4.78, 5) is 13.8. The van der Waals surface area contributed by atoms with Gasteiger partial charge in [0.25, 0.3) is 0 Å². The Morgan fingerprint density at radius 3 is 2.78 bits per heavy atom. The molecule has 1 aromatic carbocycles. The Labute approximate surface area is 217 Å². The molecule has 9 heteroatoms. The van der Waals surface area contributed by atoms with E-state index in [1.807, 2.05) is 58.0 Å². The number of benzene rings is 1. The van der Waals surface area contributed by atoms with Gasteiger partial charge in [-0.05, 0) is 64.3 Å². The maximum absolute atomic E-state index is 12.6. The molecule has 0 N–H and O–H groups in total. The predicted molar refractivity (Wildman–Crippen MR) is 146 cm³/mol. The Kier molecular flexibility index (Phi) is 8.07. The van der Waals surface area contributed by atoms with E-state index in [1.165, 1.54) is 4.31 Å². The summed E-state index contributed by atoms with van der Waals surface area (Å²) in [6.07, 6.45) is 5.00. The van der Waals surface area contributed by atoms with Crippen LogP contribution in [-0.2, 0) is 23.2 Å². The lowest BCUT2D eigenvalue weighted by molar-refractivity contribution is 0.303. The number of aryl methyl sites for hydroxylation is 2. The van der Waals surface area contributed by atoms with Crippen LogP contribution in [0.1, 0.15) is 54.8 Å². The van der Waals surface area contributed by atoms with Crippen LogP contribution < -0.4 is 4.74 Å². The summed E-state index contributed by atoms with van der Waals surface area (Å²) >= 11 is 6.39. The molecule has 1 saturated heterocycles. The molecular weight excluding hydrogens is 496 g/mol. The lowest BCUT2D eigenvalue weighted by atomic mass is 10.0. The smallest absolute Gasteiger partial charge is 0.214 e. The molecule has 0 saturated carbocycles. The number of nitrogens with zero attached hydrogens (tertiary/aromatic N) is 4. The van der Waals surface area contributed by atoms with Crippen LogP contribution in [0.5, 0.6) is 5.75 Å². The summed E-state index contributed by atoms with van der Waals surface area (Å²) in [6.45, 7) is 8.60. The lowest BCUT2D eigenvalue weighted by Crippen LogP contribution is -2.37. The van der Waals surface area contributed by atoms with Crippen LogP contribution in [0.4, 0.5) is 0 Å². The number of aromatic nitrogens is 2. The van der Waals surface area contributed by atoms with E-state index in [9.17, 15) is 8.42 Å². The van der Waals surface area contributed by atoms with Crippen molar-refractivity contribution in [2.45, 2.75) is 53.7 Å². The number of sulfonamides is 1. The number of rotatable bonds is 7. The number of hydrogen-bond donors (Lipinski definition) is 0. The number of para-hydroxylation sites is 1. The van der Waals surface area contributed by atoms with Crippen molar-refractivity contribution < 1.29 is 13.2 Å². The molecule has 1 fully saturated rings. The molecule has 0 spiro atoms. The van der Waals surface area contributed by atoms with Crippen molar-refractivity contribution in [1.82, 2.24) is 14.3 Å². The van der Waals surface area contributed by atoms with E-state index in [0.717, 1.165) is 39.7 Å². The molecule has 1 aliphatic heterocycles. The van der Waals surface area contributed by atoms with Gasteiger partial charge < -0.3 is 4.74 Å². The molecule has 3 aromatic rings. The summed E-state index contributed by atoms with van der Waals surface area (Å²) in [7, 11) is -3.26. The molecule has 3 heterocycles. The normalized spacial score (nSPS) is 16.9. The molecule has 0 bridgehead atoms. The molecule has 190 valence electrons. The molecule has 36 heavy (non-hydrogen) atoms. The van der Waals surface area contributed by atoms with Gasteiger partial charge in [0.15, 0.2) is 0 Å². The standard InChI is InChI=1S/C27H31ClN4O3S/c1-5-29-26(20(4)28)22-15-19(3)31-27-21(22)9-8-10-25(27)35-17-23-18(2)11-12-30-24(23)16-32-13-6-7-14-36(32,33)34/h5,8-12,15H,6-7,13-14,16-17H2,1-4H3/b26-20+,29-5-. The van der Waals surface area contributed by atoms with Crippen molar-refractivity contribution in [3.8, 4) is 5.75 Å². The molecular formula is C27H31ClN4O3S. The minimum Gasteiger partial charge on any atom is -0.487 e. The quantitative estimate of drug-likeness (QED) is 0.365. The van der Waals surface area contributed by atoms with E-state index in [0.29, 0.717) is 35.1 Å². The largest absolute Gasteiger partial charge is 0.487 e. The zero-order valence-electron chi connectivity index (χ0n) is 21.1. The van der Waals surface area contributed by atoms with Gasteiger partial charge >= 0.3 is 0 Å². The van der Waals surface area contributed by atoms with Crippen LogP contribution in [0.15, 0.2) is 46.6 Å². The first-order chi connectivity index (χ1) is 17.2. The zero-order chi connectivity index (χ0) is 25.9. The van der Waals surface area contributed by atoms with Gasteiger partial charge in [0.2, 0.25) is 10.0 Å². The van der Waals surface area contributed by atoms with Crippen molar-refractivity contribution in [3.63, 3.8) is 0 Å². The second-order valence-corrected chi connectivity index (χ2v) is 11.6. The van der Waals surface area contributed by atoms with Crippen molar-refractivity contribution >= 4 is 44.4 Å². The fraction of sp³-hybridized carbons (Fsp3) is 0.370. The summed E-state index contributed by atoms with van der Waals surface area (Å²) in [5, 5.41) is 1.48. The fourth-order valence-electron chi connectivity index (χ4n) is 4.45. The summed E-state index contributed by atoms with van der Waals surface area (Å²) < 4.78 is 33.0. The minimum atomic E-state index is -3.26. The van der Waals surface area contributed by atoms with E-state index in [2.05, 4.69) is 9.98 Å². The van der Waals surface area contributed by atoms with Gasteiger partial charge in [-0.15, -0.1) is 0 Å². The van der Waals surface area contributed by atoms with E-state index >= 15 is 0 Å². The third-order valence-electron chi connectivity index (χ3n) is 6.30. The highest BCUT2D eigenvalue weighted by molar-refractivity contribution is 7.89. The third kappa shape index (κ3) is 5.61. The Bertz CT molecular complexity index is 1450. The van der Waals surface area contributed by atoms with Crippen molar-refractivity contribution in [3.05, 3.63) is 69.6 Å². The second-order valence-electron chi connectivity index (χ2n) is 8.93. The number of hydrogen-bond acceptors (Lipinski definition) is 6. The van der Waals surface area contributed by atoms with Gasteiger partial charge in [0.1, 0.15) is 17.9 Å². The predicted octanol–water partition coefficient (Wildman–Crippen LogP) is 5.77. The Morgan fingerprint density at radius 2 is 2.06 bits per heavy atom. The van der Waals surface area contributed by atoms with Crippen LogP contribution >= 0.6 is 11.6 Å². The summed E-state index contributed by atoms with van der Waals surface area (Å²) in [5.74, 6) is 0.818. The maximum Gasteiger partial charge on any atom is 0.214 e. The topological polar surface area (TPSA) is 84.8 Å². The molecule has 7 nitrogen and oxygen atoms in total. The fourth-order valence-corrected chi connectivity index (χ4v) is 6.15. The molecule has 0 unspecified atom stereocenters. The zero-order valence-corrected chi connectivity index (χ0v) is 22.7. The number of pyridine rings is 2. The summed E-state index contributed by atoms with van der Waals surface area (Å²) in [6, 6.07) is 9.69. The van der Waals surface area contributed by atoms with Gasteiger partial charge in [-0.3, -0.25) is 9.98 Å². The van der Waals surface area contributed by atoms with E-state index in [1.54, 1.807) is 12.4 Å². The number of fused-ring (bicyclic) bond motifs is 1. The molecule has 1 aliphatic rings. The monoisotopic (exact) mass is 526 g/mol. The van der Waals surface area contributed by atoms with E-state index < -0.39 is 10.0 Å². The summed E-state index contributed by atoms with van der Waals surface area (Å²) in [5.41, 5.74) is 5.73. The van der Waals surface area contributed by atoms with Gasteiger partial charge in [-0.25, -0.2) is 13.4 Å². The number of halogens is 1. The molecule has 0 atom stereocenters. The first-order valence-corrected chi connectivity index (χ1v) is 14.0. The van der Waals surface area contributed by atoms with Crippen molar-refractivity contribution in [2.75, 3.05) is 12.3 Å². The molecule has 0 aliphatic carbocycles. The lowest BCUT2D eigenvalue weighted by Gasteiger charge is -2.26. The number of ether oxygens (including phenoxy) is 1. The molecule has 0 amide bonds. The van der Waals surface area contributed by atoms with Crippen LogP contribution in [0.25, 0.3) is 16.6 Å². The second kappa shape index (κ2) is 11.1. The van der Waals surface area contributed by atoms with Gasteiger partial charge in [0.05, 0.1) is 23.7 Å². The number of aliphatic imine (C=N–C) groups is 1. The van der Waals surface area contributed by atoms with Crippen LogP contribution in [0.3, 0.4) is 0 Å². The van der Waals surface area contributed by atoms with Crippen LogP contribution in [0.2, 0.25) is 0 Å². The maximum atomic E-state index is 12.6. The highest BCUT2D eigenvalue weighted by atomic mass is 35.5. The molecule has 2 aromatic heterocycles.